The number of nitrogens with one attached hydrogen (secondary N) is 3. The lowest BCUT2D eigenvalue weighted by Gasteiger charge is -2.56. The van der Waals surface area contributed by atoms with Crippen molar-refractivity contribution in [1.82, 2.24) is 30.4 Å². The summed E-state index contributed by atoms with van der Waals surface area (Å²) in [6.07, 6.45) is 0. The molecule has 3 aliphatic heterocycles. The van der Waals surface area contributed by atoms with Crippen molar-refractivity contribution in [3.05, 3.63) is 42.0 Å². The van der Waals surface area contributed by atoms with Gasteiger partial charge in [-0.2, -0.15) is 5.10 Å². The van der Waals surface area contributed by atoms with Crippen molar-refractivity contribution in [3.63, 3.8) is 0 Å². The largest absolute Gasteiger partial charge is 0.378 e. The second-order valence-electron chi connectivity index (χ2n) is 9.48. The summed E-state index contributed by atoms with van der Waals surface area (Å²) in [4.78, 5) is 25.5. The van der Waals surface area contributed by atoms with Crippen LogP contribution < -0.4 is 10.2 Å². The van der Waals surface area contributed by atoms with Crippen LogP contribution in [0, 0.1) is 5.41 Å². The third-order valence-corrected chi connectivity index (χ3v) is 7.22. The molecule has 0 radical (unpaired) electrons. The van der Waals surface area contributed by atoms with Crippen molar-refractivity contribution < 1.29 is 9.53 Å². The summed E-state index contributed by atoms with van der Waals surface area (Å²) in [5.41, 5.74) is 5.65. The second-order valence-corrected chi connectivity index (χ2v) is 9.48. The number of amides is 1. The molecule has 7 rings (SSSR count). The normalized spacial score (nSPS) is 19.8. The van der Waals surface area contributed by atoms with E-state index in [0.29, 0.717) is 16.8 Å². The van der Waals surface area contributed by atoms with E-state index in [1.807, 2.05) is 29.2 Å². The molecule has 0 bridgehead atoms. The Kier molecular flexibility index (Phi) is 4.07. The molecule has 3 aliphatic rings. The van der Waals surface area contributed by atoms with Crippen molar-refractivity contribution in [2.24, 2.45) is 5.41 Å². The van der Waals surface area contributed by atoms with Crippen LogP contribution in [0.5, 0.6) is 0 Å². The Bertz CT molecular complexity index is 1370. The highest BCUT2D eigenvalue weighted by Gasteiger charge is 2.49. The van der Waals surface area contributed by atoms with Gasteiger partial charge >= 0.3 is 0 Å². The van der Waals surface area contributed by atoms with Crippen LogP contribution in [0.3, 0.4) is 0 Å². The molecule has 3 saturated heterocycles. The third kappa shape index (κ3) is 3.03. The number of carbonyl (C=O) groups is 1. The highest BCUT2D eigenvalue weighted by molar-refractivity contribution is 6.01. The van der Waals surface area contributed by atoms with Gasteiger partial charge in [0.2, 0.25) is 0 Å². The van der Waals surface area contributed by atoms with E-state index in [1.165, 1.54) is 0 Å². The number of carbonyl (C=O) groups excluding carboxylic acids is 1. The van der Waals surface area contributed by atoms with Gasteiger partial charge in [0.25, 0.3) is 5.91 Å². The Morgan fingerprint density at radius 2 is 1.88 bits per heavy atom. The Labute approximate surface area is 190 Å². The summed E-state index contributed by atoms with van der Waals surface area (Å²) in [6.45, 7) is 6.99. The fraction of sp³-hybridized carbons (Fsp3) is 0.375. The maximum Gasteiger partial charge on any atom is 0.253 e. The molecule has 0 saturated carbocycles. The maximum atomic E-state index is 13.0. The zero-order valence-corrected chi connectivity index (χ0v) is 18.2. The molecule has 3 fully saturated rings. The smallest absolute Gasteiger partial charge is 0.253 e. The number of ether oxygens (including phenoxy) is 1. The first-order chi connectivity index (χ1) is 16.2. The molecule has 3 N–H and O–H groups in total. The van der Waals surface area contributed by atoms with Gasteiger partial charge in [-0.25, -0.2) is 4.98 Å². The van der Waals surface area contributed by atoms with Gasteiger partial charge in [-0.1, -0.05) is 0 Å². The zero-order chi connectivity index (χ0) is 22.0. The van der Waals surface area contributed by atoms with Crippen LogP contribution in [-0.2, 0) is 4.74 Å². The minimum absolute atomic E-state index is 0.0846. The summed E-state index contributed by atoms with van der Waals surface area (Å²) >= 11 is 0. The molecule has 0 unspecified atom stereocenters. The molecule has 1 spiro atoms. The van der Waals surface area contributed by atoms with Gasteiger partial charge in [-0.15, -0.1) is 0 Å². The quantitative estimate of drug-likeness (QED) is 0.448. The number of anilines is 1. The summed E-state index contributed by atoms with van der Waals surface area (Å²) < 4.78 is 5.47. The van der Waals surface area contributed by atoms with Crippen LogP contribution >= 0.6 is 0 Å². The number of aromatic nitrogens is 4. The van der Waals surface area contributed by atoms with Crippen molar-refractivity contribution in [2.45, 2.75) is 0 Å². The summed E-state index contributed by atoms with van der Waals surface area (Å²) in [7, 11) is 0. The highest BCUT2D eigenvalue weighted by atomic mass is 16.5. The maximum absolute atomic E-state index is 13.0. The van der Waals surface area contributed by atoms with Crippen LogP contribution in [0.2, 0.25) is 0 Å². The van der Waals surface area contributed by atoms with E-state index in [2.05, 4.69) is 37.5 Å². The number of fused-ring (bicyclic) bond motifs is 2. The number of hydrogen-bond acceptors (Lipinski definition) is 6. The van der Waals surface area contributed by atoms with Crippen molar-refractivity contribution in [1.29, 1.82) is 0 Å². The van der Waals surface area contributed by atoms with Gasteiger partial charge in [0.15, 0.2) is 5.82 Å². The predicted octanol–water partition coefficient (Wildman–Crippen LogP) is 1.99. The Morgan fingerprint density at radius 3 is 2.67 bits per heavy atom. The van der Waals surface area contributed by atoms with Gasteiger partial charge in [0, 0.05) is 61.3 Å². The molecule has 168 valence electrons. The van der Waals surface area contributed by atoms with Gasteiger partial charge in [0.05, 0.1) is 29.8 Å². The van der Waals surface area contributed by atoms with E-state index < -0.39 is 0 Å². The number of imidazole rings is 1. The Balaban J connectivity index is 1.20. The third-order valence-electron chi connectivity index (χ3n) is 7.22. The van der Waals surface area contributed by atoms with Crippen molar-refractivity contribution in [3.8, 4) is 11.5 Å². The van der Waals surface area contributed by atoms with Crippen LogP contribution in [0.15, 0.2) is 36.4 Å². The fourth-order valence-corrected chi connectivity index (χ4v) is 5.25. The first-order valence-electron chi connectivity index (χ1n) is 11.5. The average molecular weight is 444 g/mol. The van der Waals surface area contributed by atoms with E-state index in [-0.39, 0.29) is 5.91 Å². The minimum atomic E-state index is 0.0846. The topological polar surface area (TPSA) is 102 Å². The standard InChI is InChI=1S/C24H25N7O2/c32-23(31-13-24(14-31)11-25-12-24)15-1-3-18-17(9-15)21(29-28-18)22-26-19-4-2-16(10-20(19)27-22)30-5-7-33-8-6-30/h1-4,9-10,25H,5-8,11-14H2,(H,26,27)(H,28,29). The molecule has 9 nitrogen and oxygen atoms in total. The number of hydrogen-bond donors (Lipinski definition) is 3. The molecular weight excluding hydrogens is 418 g/mol. The number of likely N-dealkylation sites (tertiary alicyclic amines) is 1. The molecule has 33 heavy (non-hydrogen) atoms. The van der Waals surface area contributed by atoms with Crippen LogP contribution in [-0.4, -0.2) is 83.5 Å². The molecule has 2 aromatic heterocycles. The Morgan fingerprint density at radius 1 is 1.03 bits per heavy atom. The minimum Gasteiger partial charge on any atom is -0.378 e. The molecule has 1 amide bonds. The number of nitrogens with zero attached hydrogens (tertiary/aromatic N) is 4. The number of aromatic amines is 2. The van der Waals surface area contributed by atoms with Gasteiger partial charge in [-0.05, 0) is 36.4 Å². The first kappa shape index (κ1) is 19.1. The lowest BCUT2D eigenvalue weighted by molar-refractivity contribution is -0.0248. The lowest BCUT2D eigenvalue weighted by atomic mass is 9.74. The van der Waals surface area contributed by atoms with Gasteiger partial charge < -0.3 is 24.8 Å². The van der Waals surface area contributed by atoms with Gasteiger partial charge in [0.1, 0.15) is 5.69 Å². The van der Waals surface area contributed by atoms with Gasteiger partial charge in [-0.3, -0.25) is 9.89 Å². The van der Waals surface area contributed by atoms with E-state index in [1.54, 1.807) is 0 Å². The summed E-state index contributed by atoms with van der Waals surface area (Å²) in [5.74, 6) is 0.782. The number of rotatable bonds is 3. The van der Waals surface area contributed by atoms with Crippen LogP contribution in [0.25, 0.3) is 33.5 Å². The fourth-order valence-electron chi connectivity index (χ4n) is 5.25. The highest BCUT2D eigenvalue weighted by Crippen LogP contribution is 2.35. The van der Waals surface area contributed by atoms with Crippen molar-refractivity contribution in [2.75, 3.05) is 57.4 Å². The molecule has 4 aromatic rings. The van der Waals surface area contributed by atoms with E-state index in [4.69, 9.17) is 9.72 Å². The summed E-state index contributed by atoms with van der Waals surface area (Å²) in [5, 5.41) is 11.8. The Hall–Kier alpha value is -3.43. The van der Waals surface area contributed by atoms with Crippen LogP contribution in [0.4, 0.5) is 5.69 Å². The average Bonchev–Trinajstić information content (AvgIpc) is 3.40. The van der Waals surface area contributed by atoms with Crippen LogP contribution in [0.1, 0.15) is 10.4 Å². The zero-order valence-electron chi connectivity index (χ0n) is 18.2. The molecular formula is C24H25N7O2. The predicted molar refractivity (Wildman–Crippen MR) is 125 cm³/mol. The molecule has 9 heteroatoms. The molecule has 0 atom stereocenters. The second kappa shape index (κ2) is 7.03. The number of H-pyrrole nitrogens is 2. The monoisotopic (exact) mass is 443 g/mol. The van der Waals surface area contributed by atoms with E-state index in [9.17, 15) is 4.79 Å². The van der Waals surface area contributed by atoms with Crippen molar-refractivity contribution >= 4 is 33.5 Å². The molecule has 0 aliphatic carbocycles. The molecule has 5 heterocycles. The van der Waals surface area contributed by atoms with E-state index >= 15 is 0 Å². The number of morpholine rings is 1. The van der Waals surface area contributed by atoms with E-state index in [0.717, 1.165) is 85.8 Å². The lowest BCUT2D eigenvalue weighted by Crippen LogP contribution is -2.71. The number of benzene rings is 2. The SMILES string of the molecule is O=C(c1ccc2[nH]nc(-c3nc4ccc(N5CCOCC5)cc4[nH]3)c2c1)N1CC2(CNC2)C1. The first-order valence-corrected chi connectivity index (χ1v) is 11.5. The molecule has 2 aromatic carbocycles. The summed E-state index contributed by atoms with van der Waals surface area (Å²) in [6, 6.07) is 12.0.